The molecule has 2 aliphatic rings. The highest BCUT2D eigenvalue weighted by molar-refractivity contribution is 7.22. The number of carbonyl (C=O) groups is 1. The van der Waals surface area contributed by atoms with Crippen molar-refractivity contribution in [1.29, 1.82) is 0 Å². The summed E-state index contributed by atoms with van der Waals surface area (Å²) in [5, 5.41) is 18.8. The molecule has 0 bridgehead atoms. The van der Waals surface area contributed by atoms with E-state index in [2.05, 4.69) is 41.3 Å². The highest BCUT2D eigenvalue weighted by atomic mass is 35.5. The molecular formula is C38H35ClF2N6O2S2. The van der Waals surface area contributed by atoms with Crippen LogP contribution < -0.4 is 15.5 Å². The number of nitrogens with zero attached hydrogens (tertiary/aromatic N) is 4. The van der Waals surface area contributed by atoms with Gasteiger partial charge >= 0.3 is 6.03 Å². The van der Waals surface area contributed by atoms with Crippen LogP contribution in [0.25, 0.3) is 31.0 Å². The predicted molar refractivity (Wildman–Crippen MR) is 204 cm³/mol. The molecule has 1 spiro atoms. The number of carbonyl (C=O) groups excluding carboxylic acids is 1. The lowest BCUT2D eigenvalue weighted by Crippen LogP contribution is -2.47. The van der Waals surface area contributed by atoms with E-state index in [1.165, 1.54) is 40.9 Å². The number of anilines is 4. The van der Waals surface area contributed by atoms with Crippen LogP contribution in [0.4, 0.5) is 35.8 Å². The van der Waals surface area contributed by atoms with E-state index in [1.807, 2.05) is 29.2 Å². The maximum Gasteiger partial charge on any atom is 0.325 e. The Hall–Kier alpha value is -4.36. The molecule has 0 radical (unpaired) electrons. The number of urea groups is 1. The monoisotopic (exact) mass is 744 g/mol. The second-order valence-corrected chi connectivity index (χ2v) is 17.0. The molecule has 0 atom stereocenters. The van der Waals surface area contributed by atoms with Gasteiger partial charge in [0.25, 0.3) is 0 Å². The lowest BCUT2D eigenvalue weighted by molar-refractivity contribution is 0.125. The smallest absolute Gasteiger partial charge is 0.325 e. The number of benzene rings is 4. The van der Waals surface area contributed by atoms with Gasteiger partial charge in [-0.15, -0.1) is 11.3 Å². The van der Waals surface area contributed by atoms with Crippen LogP contribution in [0.3, 0.4) is 0 Å². The molecule has 3 N–H and O–H groups in total. The molecule has 8 rings (SSSR count). The molecule has 13 heteroatoms. The minimum Gasteiger partial charge on any atom is -0.506 e. The van der Waals surface area contributed by atoms with Crippen LogP contribution in [0.1, 0.15) is 39.2 Å². The Bertz CT molecular complexity index is 2330. The van der Waals surface area contributed by atoms with Crippen LogP contribution in [0.2, 0.25) is 5.02 Å². The average molecular weight is 745 g/mol. The van der Waals surface area contributed by atoms with Crippen molar-refractivity contribution in [2.75, 3.05) is 41.7 Å². The van der Waals surface area contributed by atoms with E-state index in [0.717, 1.165) is 42.7 Å². The molecule has 0 saturated carbocycles. The molecule has 1 fully saturated rings. The number of thiazole rings is 2. The lowest BCUT2D eigenvalue weighted by atomic mass is 9.72. The molecule has 2 aromatic heterocycles. The van der Waals surface area contributed by atoms with Gasteiger partial charge in [-0.25, -0.2) is 23.5 Å². The third-order valence-corrected chi connectivity index (χ3v) is 11.8. The highest BCUT2D eigenvalue weighted by Crippen LogP contribution is 2.58. The van der Waals surface area contributed by atoms with Gasteiger partial charge in [-0.1, -0.05) is 55.8 Å². The molecule has 0 aliphatic carbocycles. The normalized spacial score (nSPS) is 15.9. The van der Waals surface area contributed by atoms with Gasteiger partial charge < -0.3 is 20.2 Å². The van der Waals surface area contributed by atoms with Gasteiger partial charge in [0, 0.05) is 35.2 Å². The highest BCUT2D eigenvalue weighted by Gasteiger charge is 2.49. The van der Waals surface area contributed by atoms with E-state index < -0.39 is 17.3 Å². The molecule has 0 unspecified atom stereocenters. The number of amides is 2. The fourth-order valence-corrected chi connectivity index (χ4v) is 9.59. The number of fused-ring (bicyclic) bond motifs is 4. The maximum absolute atomic E-state index is 16.4. The maximum atomic E-state index is 16.4. The number of phenols is 1. The van der Waals surface area contributed by atoms with Crippen LogP contribution in [-0.4, -0.2) is 52.2 Å². The summed E-state index contributed by atoms with van der Waals surface area (Å²) >= 11 is 8.87. The fourth-order valence-electron chi connectivity index (χ4n) is 7.53. The SMILES string of the molecule is CC(C)(C)CN1CCC2(CC1)CN(c1ccccc1NC(=O)Nc1nc3ccc(F)cc3s1)c1c(O)cc(F)c(-c3nc4cc(Cl)ccc4s3)c12. The van der Waals surface area contributed by atoms with Gasteiger partial charge in [0.05, 0.1) is 43.1 Å². The van der Waals surface area contributed by atoms with Crippen LogP contribution in [-0.2, 0) is 5.41 Å². The first kappa shape index (κ1) is 33.8. The number of halogens is 3. The third-order valence-electron chi connectivity index (χ3n) is 9.58. The number of likely N-dealkylation sites (tertiary alicyclic amines) is 1. The van der Waals surface area contributed by atoms with Gasteiger partial charge in [-0.05, 0) is 79.9 Å². The number of nitrogens with one attached hydrogen (secondary N) is 2. The van der Waals surface area contributed by atoms with Crippen molar-refractivity contribution in [2.45, 2.75) is 39.0 Å². The molecular weight excluding hydrogens is 710 g/mol. The zero-order valence-electron chi connectivity index (χ0n) is 28.2. The molecule has 51 heavy (non-hydrogen) atoms. The Morgan fingerprint density at radius 1 is 0.961 bits per heavy atom. The summed E-state index contributed by atoms with van der Waals surface area (Å²) in [6, 6.07) is 17.8. The summed E-state index contributed by atoms with van der Waals surface area (Å²) in [6.07, 6.45) is 1.49. The van der Waals surface area contributed by atoms with E-state index in [-0.39, 0.29) is 17.0 Å². The number of rotatable bonds is 5. The van der Waals surface area contributed by atoms with Gasteiger partial charge in [0.15, 0.2) is 5.13 Å². The molecule has 6 aromatic rings. The molecule has 1 saturated heterocycles. The molecule has 8 nitrogen and oxygen atoms in total. The summed E-state index contributed by atoms with van der Waals surface area (Å²) in [7, 11) is 0. The first-order valence-corrected chi connectivity index (χ1v) is 18.7. The minimum absolute atomic E-state index is 0.120. The summed E-state index contributed by atoms with van der Waals surface area (Å²) in [4.78, 5) is 27.1. The molecule has 2 amide bonds. The number of aromatic nitrogens is 2. The standard InChI is InChI=1S/C38H35ClF2N6O2S2/c1-37(2,3)19-46-14-12-38(13-15-46)20-47(33-28(48)18-23(41)31(32(33)38)34-42-26-16-21(39)8-11-29(26)50-34)27-7-5-4-6-24(27)43-35(49)45-36-44-25-10-9-22(40)17-30(25)51-36/h4-11,16-18,48H,12-15,19-20H2,1-3H3,(H2,43,44,45,49). The van der Waals surface area contributed by atoms with Gasteiger partial charge in [-0.3, -0.25) is 5.32 Å². The molecule has 4 aromatic carbocycles. The molecule has 2 aliphatic heterocycles. The van der Waals surface area contributed by atoms with Crippen LogP contribution >= 0.6 is 34.3 Å². The van der Waals surface area contributed by atoms with E-state index >= 15 is 4.39 Å². The number of hydrogen-bond donors (Lipinski definition) is 3. The Morgan fingerprint density at radius 2 is 1.75 bits per heavy atom. The van der Waals surface area contributed by atoms with Crippen LogP contribution in [0, 0.1) is 17.0 Å². The van der Waals surface area contributed by atoms with E-state index in [9.17, 15) is 14.3 Å². The molecule has 262 valence electrons. The van der Waals surface area contributed by atoms with Crippen molar-refractivity contribution < 1.29 is 18.7 Å². The number of phenolic OH excluding ortho intramolecular Hbond substituents is 1. The van der Waals surface area contributed by atoms with Gasteiger partial charge in [0.2, 0.25) is 0 Å². The van der Waals surface area contributed by atoms with Gasteiger partial charge in [-0.2, -0.15) is 0 Å². The number of piperidine rings is 1. The average Bonchev–Trinajstić information content (AvgIpc) is 3.75. The molecule has 4 heterocycles. The Morgan fingerprint density at radius 3 is 2.53 bits per heavy atom. The van der Waals surface area contributed by atoms with Crippen LogP contribution in [0.5, 0.6) is 5.75 Å². The van der Waals surface area contributed by atoms with Crippen molar-refractivity contribution in [3.05, 3.63) is 89.0 Å². The zero-order valence-corrected chi connectivity index (χ0v) is 30.6. The largest absolute Gasteiger partial charge is 0.506 e. The van der Waals surface area contributed by atoms with Crippen LogP contribution in [0.15, 0.2) is 66.7 Å². The summed E-state index contributed by atoms with van der Waals surface area (Å²) in [5.41, 5.74) is 3.66. The van der Waals surface area contributed by atoms with Gasteiger partial charge in [0.1, 0.15) is 22.4 Å². The van der Waals surface area contributed by atoms with E-state index in [1.54, 1.807) is 24.3 Å². The second-order valence-electron chi connectivity index (χ2n) is 14.5. The summed E-state index contributed by atoms with van der Waals surface area (Å²) in [6.45, 7) is 9.71. The fraction of sp³-hybridized carbons (Fsp3) is 0.289. The Labute approximate surface area is 306 Å². The van der Waals surface area contributed by atoms with E-state index in [0.29, 0.717) is 60.1 Å². The summed E-state index contributed by atoms with van der Waals surface area (Å²) < 4.78 is 31.7. The van der Waals surface area contributed by atoms with Crippen molar-refractivity contribution in [2.24, 2.45) is 5.41 Å². The first-order valence-electron chi connectivity index (χ1n) is 16.7. The number of aromatic hydroxyl groups is 1. The third kappa shape index (κ3) is 6.39. The van der Waals surface area contributed by atoms with Crippen molar-refractivity contribution in [1.82, 2.24) is 14.9 Å². The quantitative estimate of drug-likeness (QED) is 0.163. The predicted octanol–water partition coefficient (Wildman–Crippen LogP) is 10.4. The second kappa shape index (κ2) is 12.7. The van der Waals surface area contributed by atoms with Crippen molar-refractivity contribution in [3.8, 4) is 16.3 Å². The number of hydrogen-bond acceptors (Lipinski definition) is 8. The topological polar surface area (TPSA) is 93.6 Å². The van der Waals surface area contributed by atoms with Crippen molar-refractivity contribution >= 4 is 82.9 Å². The minimum atomic E-state index is -0.531. The Kier molecular flexibility index (Phi) is 8.41. The lowest BCUT2D eigenvalue weighted by Gasteiger charge is -2.42. The number of para-hydroxylation sites is 2. The summed E-state index contributed by atoms with van der Waals surface area (Å²) in [5.74, 6) is -1.08. The van der Waals surface area contributed by atoms with Crippen molar-refractivity contribution in [3.63, 3.8) is 0 Å². The van der Waals surface area contributed by atoms with E-state index in [4.69, 9.17) is 16.6 Å². The Balaban J connectivity index is 1.20. The zero-order chi connectivity index (χ0) is 35.7. The first-order chi connectivity index (χ1) is 24.4.